The van der Waals surface area contributed by atoms with Gasteiger partial charge in [0.25, 0.3) is 5.56 Å². The number of hydrogen-bond donors (Lipinski definition) is 3. The number of hydrazone groups is 1. The second-order valence-electron chi connectivity index (χ2n) is 5.10. The van der Waals surface area contributed by atoms with Crippen molar-refractivity contribution in [3.8, 4) is 17.2 Å². The molecule has 0 atom stereocenters. The average molecular weight is 348 g/mol. The lowest BCUT2D eigenvalue weighted by Crippen LogP contribution is -2.23. The fourth-order valence-electron chi connectivity index (χ4n) is 2.21. The molecule has 0 aliphatic heterocycles. The zero-order valence-electron chi connectivity index (χ0n) is 14.4. The van der Waals surface area contributed by atoms with Crippen molar-refractivity contribution in [2.45, 2.75) is 13.3 Å². The van der Waals surface area contributed by atoms with Crippen LogP contribution < -0.4 is 25.2 Å². The molecule has 3 N–H and O–H groups in total. The summed E-state index contributed by atoms with van der Waals surface area (Å²) in [7, 11) is 4.55. The van der Waals surface area contributed by atoms with Crippen LogP contribution in [0.5, 0.6) is 17.2 Å². The topological polar surface area (TPSA) is 118 Å². The average Bonchev–Trinajstić information content (AvgIpc) is 2.93. The van der Waals surface area contributed by atoms with Crippen LogP contribution in [0.2, 0.25) is 0 Å². The van der Waals surface area contributed by atoms with E-state index in [4.69, 9.17) is 14.2 Å². The fraction of sp³-hybridized carbons (Fsp3) is 0.312. The smallest absolute Gasteiger partial charge is 0.267 e. The number of benzene rings is 1. The van der Waals surface area contributed by atoms with Gasteiger partial charge in [-0.25, -0.2) is 5.43 Å². The Morgan fingerprint density at radius 1 is 1.12 bits per heavy atom. The van der Waals surface area contributed by atoms with Gasteiger partial charge in [-0.3, -0.25) is 14.7 Å². The molecule has 0 spiro atoms. The van der Waals surface area contributed by atoms with Gasteiger partial charge in [0.1, 0.15) is 5.75 Å². The third kappa shape index (κ3) is 4.19. The lowest BCUT2D eigenvalue weighted by Gasteiger charge is -2.11. The van der Waals surface area contributed by atoms with Crippen LogP contribution in [-0.4, -0.2) is 43.6 Å². The number of aromatic nitrogens is 2. The molecule has 1 aromatic heterocycles. The second kappa shape index (κ2) is 8.04. The summed E-state index contributed by atoms with van der Waals surface area (Å²) in [6.45, 7) is 1.71. The number of amides is 1. The molecule has 0 fully saturated rings. The van der Waals surface area contributed by atoms with Crippen LogP contribution in [0.3, 0.4) is 0 Å². The molecule has 0 unspecified atom stereocenters. The van der Waals surface area contributed by atoms with Crippen molar-refractivity contribution in [3.63, 3.8) is 0 Å². The maximum atomic E-state index is 11.9. The van der Waals surface area contributed by atoms with Crippen LogP contribution in [0.4, 0.5) is 0 Å². The van der Waals surface area contributed by atoms with Gasteiger partial charge in [-0.2, -0.15) is 5.10 Å². The van der Waals surface area contributed by atoms with Crippen LogP contribution in [0.15, 0.2) is 22.0 Å². The van der Waals surface area contributed by atoms with Crippen LogP contribution in [-0.2, 0) is 11.2 Å². The highest BCUT2D eigenvalue weighted by Crippen LogP contribution is 2.33. The molecule has 9 nitrogen and oxygen atoms in total. The van der Waals surface area contributed by atoms with Gasteiger partial charge >= 0.3 is 0 Å². The molecule has 1 heterocycles. The van der Waals surface area contributed by atoms with Crippen molar-refractivity contribution in [1.82, 2.24) is 15.6 Å². The molecule has 0 radical (unpaired) electrons. The molecular formula is C16H20N4O5. The Kier molecular flexibility index (Phi) is 5.83. The predicted octanol–water partition coefficient (Wildman–Crippen LogP) is 0.730. The number of ether oxygens (including phenoxy) is 3. The Hall–Kier alpha value is -3.23. The molecule has 1 amide bonds. The van der Waals surface area contributed by atoms with Gasteiger partial charge in [0.15, 0.2) is 11.5 Å². The van der Waals surface area contributed by atoms with E-state index in [0.29, 0.717) is 34.1 Å². The molecule has 2 rings (SSSR count). The minimum absolute atomic E-state index is 0.0783. The first kappa shape index (κ1) is 18.1. The number of carbonyl (C=O) groups excluding carboxylic acids is 1. The predicted molar refractivity (Wildman–Crippen MR) is 91.7 cm³/mol. The molecule has 134 valence electrons. The van der Waals surface area contributed by atoms with Gasteiger partial charge in [-0.1, -0.05) is 0 Å². The molecule has 0 bridgehead atoms. The fourth-order valence-corrected chi connectivity index (χ4v) is 2.21. The highest BCUT2D eigenvalue weighted by molar-refractivity contribution is 5.87. The van der Waals surface area contributed by atoms with Crippen molar-refractivity contribution < 1.29 is 19.0 Å². The molecule has 0 aliphatic rings. The molecule has 9 heteroatoms. The van der Waals surface area contributed by atoms with E-state index in [2.05, 4.69) is 20.7 Å². The first-order chi connectivity index (χ1) is 12.0. The third-order valence-electron chi connectivity index (χ3n) is 3.56. The maximum absolute atomic E-state index is 11.9. The Morgan fingerprint density at radius 2 is 1.76 bits per heavy atom. The maximum Gasteiger partial charge on any atom is 0.267 e. The summed E-state index contributed by atoms with van der Waals surface area (Å²) >= 11 is 0. The number of methoxy groups -OCH3 is 3. The van der Waals surface area contributed by atoms with Gasteiger partial charge in [0.05, 0.1) is 34.0 Å². The summed E-state index contributed by atoms with van der Waals surface area (Å²) in [6.07, 6.45) is 1.35. The number of hydrogen-bond acceptors (Lipinski definition) is 6. The van der Waals surface area contributed by atoms with Crippen molar-refractivity contribution in [2.24, 2.45) is 5.10 Å². The van der Waals surface area contributed by atoms with Gasteiger partial charge in [-0.15, -0.1) is 0 Å². The number of nitrogens with zero attached hydrogens (tertiary/aromatic N) is 1. The summed E-state index contributed by atoms with van der Waals surface area (Å²) in [5.74, 6) is 1.12. The van der Waals surface area contributed by atoms with Gasteiger partial charge in [0, 0.05) is 22.9 Å². The normalized spacial score (nSPS) is 10.7. The first-order valence-electron chi connectivity index (χ1n) is 7.38. The molecule has 2 aromatic rings. The molecular weight excluding hydrogens is 328 g/mol. The summed E-state index contributed by atoms with van der Waals surface area (Å²) in [5.41, 5.74) is 3.64. The first-order valence-corrected chi connectivity index (χ1v) is 7.38. The van der Waals surface area contributed by atoms with Crippen LogP contribution >= 0.6 is 0 Å². The second-order valence-corrected chi connectivity index (χ2v) is 5.10. The third-order valence-corrected chi connectivity index (χ3v) is 3.56. The quantitative estimate of drug-likeness (QED) is 0.504. The van der Waals surface area contributed by atoms with Crippen LogP contribution in [0.25, 0.3) is 0 Å². The molecule has 0 aliphatic carbocycles. The van der Waals surface area contributed by atoms with E-state index in [1.165, 1.54) is 27.5 Å². The zero-order valence-corrected chi connectivity index (χ0v) is 14.4. The summed E-state index contributed by atoms with van der Waals surface area (Å²) in [6, 6.07) is 3.33. The number of aryl methyl sites for hydroxylation is 1. The number of carbonyl (C=O) groups is 1. The minimum atomic E-state index is -0.413. The molecule has 25 heavy (non-hydrogen) atoms. The van der Waals surface area contributed by atoms with Gasteiger partial charge < -0.3 is 19.3 Å². The van der Waals surface area contributed by atoms with E-state index >= 15 is 0 Å². The van der Waals surface area contributed by atoms with Crippen LogP contribution in [0.1, 0.15) is 16.8 Å². The van der Waals surface area contributed by atoms with E-state index in [9.17, 15) is 9.59 Å². The lowest BCUT2D eigenvalue weighted by molar-refractivity contribution is -0.120. The Labute approximate surface area is 144 Å². The SMILES string of the molecule is COc1cc(OC)c(OC)cc1C=NNC(=O)Cc1c(C)[nH][nH]c1=O. The minimum Gasteiger partial charge on any atom is -0.496 e. The summed E-state index contributed by atoms with van der Waals surface area (Å²) in [4.78, 5) is 23.5. The van der Waals surface area contributed by atoms with Gasteiger partial charge in [0.2, 0.25) is 5.91 Å². The van der Waals surface area contributed by atoms with Gasteiger partial charge in [-0.05, 0) is 13.0 Å². The number of H-pyrrole nitrogens is 2. The van der Waals surface area contributed by atoms with Crippen LogP contribution in [0, 0.1) is 6.92 Å². The molecule has 0 saturated carbocycles. The van der Waals surface area contributed by atoms with E-state index in [1.54, 1.807) is 19.1 Å². The number of rotatable bonds is 7. The molecule has 0 saturated heterocycles. The van der Waals surface area contributed by atoms with E-state index in [1.807, 2.05) is 0 Å². The monoisotopic (exact) mass is 348 g/mol. The van der Waals surface area contributed by atoms with Crippen molar-refractivity contribution in [3.05, 3.63) is 39.3 Å². The number of aromatic amines is 2. The number of nitrogens with one attached hydrogen (secondary N) is 3. The highest BCUT2D eigenvalue weighted by Gasteiger charge is 2.12. The van der Waals surface area contributed by atoms with Crippen molar-refractivity contribution >= 4 is 12.1 Å². The van der Waals surface area contributed by atoms with E-state index in [0.717, 1.165) is 0 Å². The van der Waals surface area contributed by atoms with E-state index < -0.39 is 5.91 Å². The standard InChI is InChI=1S/C16H20N4O5/c1-9-11(16(22)20-18-9)6-15(21)19-17-8-10-5-13(24-3)14(25-4)7-12(10)23-2/h5,7-8H,6H2,1-4H3,(H,19,21)(H2,18,20,22). The Morgan fingerprint density at radius 3 is 2.32 bits per heavy atom. The molecule has 1 aromatic carbocycles. The van der Waals surface area contributed by atoms with Crippen molar-refractivity contribution in [1.29, 1.82) is 0 Å². The largest absolute Gasteiger partial charge is 0.496 e. The highest BCUT2D eigenvalue weighted by atomic mass is 16.5. The summed E-state index contributed by atoms with van der Waals surface area (Å²) in [5, 5.41) is 8.98. The van der Waals surface area contributed by atoms with Crippen molar-refractivity contribution in [2.75, 3.05) is 21.3 Å². The van der Waals surface area contributed by atoms with E-state index in [-0.39, 0.29) is 12.0 Å². The summed E-state index contributed by atoms with van der Waals surface area (Å²) < 4.78 is 15.7. The lowest BCUT2D eigenvalue weighted by atomic mass is 10.2. The Balaban J connectivity index is 2.11. The Bertz CT molecular complexity index is 838. The zero-order chi connectivity index (χ0) is 18.4.